The zero-order chi connectivity index (χ0) is 14.1. The van der Waals surface area contributed by atoms with E-state index in [-0.39, 0.29) is 0 Å². The summed E-state index contributed by atoms with van der Waals surface area (Å²) in [5.41, 5.74) is 1.39. The van der Waals surface area contributed by atoms with Crippen LogP contribution < -0.4 is 10.1 Å². The Morgan fingerprint density at radius 1 is 1.05 bits per heavy atom. The summed E-state index contributed by atoms with van der Waals surface area (Å²) in [7, 11) is 0. The summed E-state index contributed by atoms with van der Waals surface area (Å²) >= 11 is 0. The molecular formula is C17H29NO. The van der Waals surface area contributed by atoms with Gasteiger partial charge in [-0.2, -0.15) is 0 Å². The first-order chi connectivity index (χ1) is 9.22. The standard InChI is InChI=1S/C17H29NO/c1-5-8-17(18-13-6-2)14(4)15-9-11-16(12-10-15)19-7-3/h9-12,14,17-18H,5-8,13H2,1-4H3. The number of nitrogens with one attached hydrogen (secondary N) is 1. The van der Waals surface area contributed by atoms with Crippen molar-refractivity contribution in [2.75, 3.05) is 13.2 Å². The third-order valence-corrected chi connectivity index (χ3v) is 3.58. The van der Waals surface area contributed by atoms with Crippen molar-refractivity contribution in [1.29, 1.82) is 0 Å². The minimum Gasteiger partial charge on any atom is -0.494 e. The quantitative estimate of drug-likeness (QED) is 0.715. The summed E-state index contributed by atoms with van der Waals surface area (Å²) in [5.74, 6) is 1.51. The van der Waals surface area contributed by atoms with Gasteiger partial charge in [-0.25, -0.2) is 0 Å². The number of benzene rings is 1. The normalized spacial score (nSPS) is 14.1. The smallest absolute Gasteiger partial charge is 0.119 e. The van der Waals surface area contributed by atoms with Crippen molar-refractivity contribution < 1.29 is 4.74 Å². The van der Waals surface area contributed by atoms with Crippen molar-refractivity contribution in [3.63, 3.8) is 0 Å². The SMILES string of the molecule is CCCNC(CCC)C(C)c1ccc(OCC)cc1. The van der Waals surface area contributed by atoms with Gasteiger partial charge in [0.05, 0.1) is 6.61 Å². The summed E-state index contributed by atoms with van der Waals surface area (Å²) in [5, 5.41) is 3.68. The molecule has 0 saturated heterocycles. The fraction of sp³-hybridized carbons (Fsp3) is 0.647. The van der Waals surface area contributed by atoms with E-state index in [1.54, 1.807) is 0 Å². The maximum Gasteiger partial charge on any atom is 0.119 e. The van der Waals surface area contributed by atoms with Gasteiger partial charge in [-0.05, 0) is 49.9 Å². The monoisotopic (exact) mass is 263 g/mol. The van der Waals surface area contributed by atoms with Gasteiger partial charge in [0.25, 0.3) is 0 Å². The van der Waals surface area contributed by atoms with Crippen LogP contribution in [0.3, 0.4) is 0 Å². The molecule has 0 fully saturated rings. The highest BCUT2D eigenvalue weighted by molar-refractivity contribution is 5.30. The topological polar surface area (TPSA) is 21.3 Å². The summed E-state index contributed by atoms with van der Waals surface area (Å²) in [4.78, 5) is 0. The molecule has 0 heterocycles. The Hall–Kier alpha value is -1.02. The molecule has 1 N–H and O–H groups in total. The van der Waals surface area contributed by atoms with E-state index in [4.69, 9.17) is 4.74 Å². The lowest BCUT2D eigenvalue weighted by atomic mass is 9.90. The third kappa shape index (κ3) is 5.23. The molecule has 0 amide bonds. The first-order valence-electron chi connectivity index (χ1n) is 7.69. The van der Waals surface area contributed by atoms with Crippen LogP contribution in [-0.2, 0) is 0 Å². The highest BCUT2D eigenvalue weighted by atomic mass is 16.5. The molecule has 0 saturated carbocycles. The van der Waals surface area contributed by atoms with E-state index >= 15 is 0 Å². The molecule has 1 aromatic carbocycles. The van der Waals surface area contributed by atoms with Crippen LogP contribution in [0.1, 0.15) is 58.4 Å². The minimum absolute atomic E-state index is 0.544. The maximum absolute atomic E-state index is 5.50. The van der Waals surface area contributed by atoms with Crippen molar-refractivity contribution in [2.45, 2.75) is 58.9 Å². The number of rotatable bonds is 9. The predicted molar refractivity (Wildman–Crippen MR) is 83.0 cm³/mol. The van der Waals surface area contributed by atoms with E-state index in [2.05, 4.69) is 50.4 Å². The van der Waals surface area contributed by atoms with Gasteiger partial charge < -0.3 is 10.1 Å². The van der Waals surface area contributed by atoms with Gasteiger partial charge in [-0.15, -0.1) is 0 Å². The minimum atomic E-state index is 0.544. The van der Waals surface area contributed by atoms with Crippen LogP contribution in [-0.4, -0.2) is 19.2 Å². The highest BCUT2D eigenvalue weighted by Crippen LogP contribution is 2.24. The van der Waals surface area contributed by atoms with E-state index in [9.17, 15) is 0 Å². The molecule has 0 bridgehead atoms. The van der Waals surface area contributed by atoms with Crippen molar-refractivity contribution >= 4 is 0 Å². The lowest BCUT2D eigenvalue weighted by Gasteiger charge is -2.25. The molecule has 2 heteroatoms. The second-order valence-electron chi connectivity index (χ2n) is 5.14. The van der Waals surface area contributed by atoms with Crippen LogP contribution in [0, 0.1) is 0 Å². The molecule has 0 aliphatic heterocycles. The van der Waals surface area contributed by atoms with Crippen LogP contribution in [0.2, 0.25) is 0 Å². The second-order valence-corrected chi connectivity index (χ2v) is 5.14. The summed E-state index contributed by atoms with van der Waals surface area (Å²) in [6, 6.07) is 9.14. The van der Waals surface area contributed by atoms with Crippen LogP contribution in [0.4, 0.5) is 0 Å². The number of hydrogen-bond acceptors (Lipinski definition) is 2. The van der Waals surface area contributed by atoms with E-state index in [0.717, 1.165) is 18.9 Å². The molecule has 19 heavy (non-hydrogen) atoms. The Bertz CT molecular complexity index is 334. The van der Waals surface area contributed by atoms with Gasteiger partial charge in [0.1, 0.15) is 5.75 Å². The van der Waals surface area contributed by atoms with E-state index < -0.39 is 0 Å². The lowest BCUT2D eigenvalue weighted by molar-refractivity contribution is 0.340. The van der Waals surface area contributed by atoms with Crippen molar-refractivity contribution in [3.05, 3.63) is 29.8 Å². The average Bonchev–Trinajstić information content (AvgIpc) is 2.44. The fourth-order valence-corrected chi connectivity index (χ4v) is 2.44. The predicted octanol–water partition coefficient (Wildman–Crippen LogP) is 4.36. The maximum atomic E-state index is 5.50. The van der Waals surface area contributed by atoms with Crippen LogP contribution in [0.15, 0.2) is 24.3 Å². The fourth-order valence-electron chi connectivity index (χ4n) is 2.44. The van der Waals surface area contributed by atoms with Gasteiger partial charge in [0.15, 0.2) is 0 Å². The molecule has 108 valence electrons. The molecule has 0 spiro atoms. The van der Waals surface area contributed by atoms with E-state index in [0.29, 0.717) is 12.0 Å². The first kappa shape index (κ1) is 16.0. The Labute approximate surface area is 118 Å². The molecule has 0 aromatic heterocycles. The molecule has 2 nitrogen and oxygen atoms in total. The number of hydrogen-bond donors (Lipinski definition) is 1. The average molecular weight is 263 g/mol. The van der Waals surface area contributed by atoms with Crippen LogP contribution >= 0.6 is 0 Å². The lowest BCUT2D eigenvalue weighted by Crippen LogP contribution is -2.34. The van der Waals surface area contributed by atoms with Gasteiger partial charge in [-0.1, -0.05) is 39.3 Å². The molecule has 0 aliphatic carbocycles. The number of ether oxygens (including phenoxy) is 1. The zero-order valence-electron chi connectivity index (χ0n) is 12.9. The van der Waals surface area contributed by atoms with E-state index in [1.807, 2.05) is 6.92 Å². The summed E-state index contributed by atoms with van der Waals surface area (Å²) in [6.07, 6.45) is 3.65. The molecular weight excluding hydrogens is 234 g/mol. The summed E-state index contributed by atoms with van der Waals surface area (Å²) in [6.45, 7) is 10.6. The van der Waals surface area contributed by atoms with Gasteiger partial charge in [0.2, 0.25) is 0 Å². The Morgan fingerprint density at radius 3 is 2.26 bits per heavy atom. The third-order valence-electron chi connectivity index (χ3n) is 3.58. The Balaban J connectivity index is 2.68. The Kier molecular flexibility index (Phi) is 7.57. The van der Waals surface area contributed by atoms with Crippen molar-refractivity contribution in [2.24, 2.45) is 0 Å². The van der Waals surface area contributed by atoms with Crippen molar-refractivity contribution in [3.8, 4) is 5.75 Å². The first-order valence-corrected chi connectivity index (χ1v) is 7.69. The molecule has 0 radical (unpaired) electrons. The molecule has 1 rings (SSSR count). The largest absolute Gasteiger partial charge is 0.494 e. The molecule has 0 aliphatic rings. The molecule has 2 unspecified atom stereocenters. The van der Waals surface area contributed by atoms with Gasteiger partial charge >= 0.3 is 0 Å². The summed E-state index contributed by atoms with van der Waals surface area (Å²) < 4.78 is 5.50. The van der Waals surface area contributed by atoms with Crippen LogP contribution in [0.25, 0.3) is 0 Å². The van der Waals surface area contributed by atoms with Crippen molar-refractivity contribution in [1.82, 2.24) is 5.32 Å². The highest BCUT2D eigenvalue weighted by Gasteiger charge is 2.17. The second kappa shape index (κ2) is 8.98. The van der Waals surface area contributed by atoms with E-state index in [1.165, 1.54) is 24.8 Å². The molecule has 1 aromatic rings. The van der Waals surface area contributed by atoms with Crippen LogP contribution in [0.5, 0.6) is 5.75 Å². The molecule has 2 atom stereocenters. The van der Waals surface area contributed by atoms with Gasteiger partial charge in [0, 0.05) is 6.04 Å². The van der Waals surface area contributed by atoms with Gasteiger partial charge in [-0.3, -0.25) is 0 Å². The Morgan fingerprint density at radius 2 is 1.74 bits per heavy atom. The zero-order valence-corrected chi connectivity index (χ0v) is 12.9.